The first-order valence-electron chi connectivity index (χ1n) is 5.47. The molecule has 0 aromatic carbocycles. The van der Waals surface area contributed by atoms with Crippen LogP contribution >= 0.6 is 0 Å². The molecule has 0 heterocycles. The van der Waals surface area contributed by atoms with Crippen molar-refractivity contribution in [3.8, 4) is 0 Å². The van der Waals surface area contributed by atoms with Gasteiger partial charge in [0.1, 0.15) is 0 Å². The Morgan fingerprint density at radius 2 is 1.12 bits per heavy atom. The Hall–Kier alpha value is -1.55. The van der Waals surface area contributed by atoms with Gasteiger partial charge < -0.3 is 4.74 Å². The molecule has 0 aliphatic heterocycles. The first kappa shape index (κ1) is 24.5. The molecule has 0 rings (SSSR count). The van der Waals surface area contributed by atoms with Gasteiger partial charge in [0.05, 0.1) is 7.11 Å². The number of alkyl halides is 14. The lowest BCUT2D eigenvalue weighted by molar-refractivity contribution is -0.467. The summed E-state index contributed by atoms with van der Waals surface area (Å²) in [5.41, 5.74) is 0. The molecule has 0 aliphatic carbocycles. The summed E-state index contributed by atoms with van der Waals surface area (Å²) in [6.07, 6.45) is -19.2. The molecular formula is C9H4F14O3. The molecule has 0 aromatic rings. The standard InChI is InChI=1S/C9H4F14O3/c1-25-3(24)4(11,12)6(16,17)7(18,19)8(20,21)9(22,23)26-2(10)5(13,14)15/h2H,1H3. The van der Waals surface area contributed by atoms with Gasteiger partial charge in [-0.1, -0.05) is 0 Å². The lowest BCUT2D eigenvalue weighted by atomic mass is 9.97. The molecule has 0 N–H and O–H groups in total. The Labute approximate surface area is 132 Å². The fourth-order valence-electron chi connectivity index (χ4n) is 1.10. The van der Waals surface area contributed by atoms with Gasteiger partial charge in [0, 0.05) is 0 Å². The monoisotopic (exact) mass is 426 g/mol. The van der Waals surface area contributed by atoms with Crippen molar-refractivity contribution in [3.05, 3.63) is 0 Å². The van der Waals surface area contributed by atoms with Gasteiger partial charge in [-0.3, -0.25) is 4.74 Å². The molecule has 0 bridgehead atoms. The van der Waals surface area contributed by atoms with Crippen LogP contribution in [0.15, 0.2) is 0 Å². The third kappa shape index (κ3) is 3.62. The van der Waals surface area contributed by atoms with Crippen LogP contribution in [0.1, 0.15) is 0 Å². The van der Waals surface area contributed by atoms with E-state index in [1.807, 2.05) is 0 Å². The van der Waals surface area contributed by atoms with E-state index in [4.69, 9.17) is 0 Å². The number of hydrogen-bond donors (Lipinski definition) is 0. The summed E-state index contributed by atoms with van der Waals surface area (Å²) in [5, 5.41) is 0. The Bertz CT molecular complexity index is 524. The van der Waals surface area contributed by atoms with E-state index in [-0.39, 0.29) is 7.11 Å². The van der Waals surface area contributed by atoms with Crippen LogP contribution in [0.25, 0.3) is 0 Å². The molecule has 1 unspecified atom stereocenters. The van der Waals surface area contributed by atoms with E-state index in [1.165, 1.54) is 0 Å². The maximum atomic E-state index is 13.1. The second-order valence-electron chi connectivity index (χ2n) is 4.28. The van der Waals surface area contributed by atoms with E-state index in [1.54, 1.807) is 4.74 Å². The molecule has 26 heavy (non-hydrogen) atoms. The van der Waals surface area contributed by atoms with E-state index >= 15 is 0 Å². The lowest BCUT2D eigenvalue weighted by Crippen LogP contribution is -2.69. The highest BCUT2D eigenvalue weighted by molar-refractivity contribution is 5.79. The van der Waals surface area contributed by atoms with Crippen LogP contribution in [0.2, 0.25) is 0 Å². The summed E-state index contributed by atoms with van der Waals surface area (Å²) in [7, 11) is -0.0998. The lowest BCUT2D eigenvalue weighted by Gasteiger charge is -2.38. The topological polar surface area (TPSA) is 35.5 Å². The minimum Gasteiger partial charge on any atom is -0.464 e. The zero-order valence-electron chi connectivity index (χ0n) is 11.6. The molecule has 1 atom stereocenters. The second-order valence-corrected chi connectivity index (χ2v) is 4.28. The van der Waals surface area contributed by atoms with Gasteiger partial charge in [-0.25, -0.2) is 9.18 Å². The summed E-state index contributed by atoms with van der Waals surface area (Å²) in [4.78, 5) is 10.4. The fraction of sp³-hybridized carbons (Fsp3) is 0.889. The van der Waals surface area contributed by atoms with E-state index in [0.29, 0.717) is 0 Å². The van der Waals surface area contributed by atoms with Crippen molar-refractivity contribution in [3.63, 3.8) is 0 Å². The Kier molecular flexibility index (Phi) is 6.17. The predicted molar refractivity (Wildman–Crippen MR) is 48.8 cm³/mol. The Morgan fingerprint density at radius 1 is 0.731 bits per heavy atom. The van der Waals surface area contributed by atoms with E-state index < -0.39 is 48.3 Å². The average Bonchev–Trinajstić information content (AvgIpc) is 2.43. The van der Waals surface area contributed by atoms with Crippen LogP contribution in [0.5, 0.6) is 0 Å². The smallest absolute Gasteiger partial charge is 0.445 e. The zero-order valence-corrected chi connectivity index (χ0v) is 11.6. The highest BCUT2D eigenvalue weighted by atomic mass is 19.4. The minimum atomic E-state index is -7.92. The molecule has 0 fully saturated rings. The van der Waals surface area contributed by atoms with Crippen molar-refractivity contribution in [2.45, 2.75) is 42.3 Å². The van der Waals surface area contributed by atoms with Crippen molar-refractivity contribution in [2.75, 3.05) is 7.11 Å². The maximum Gasteiger partial charge on any atom is 0.445 e. The minimum absolute atomic E-state index is 0.0998. The van der Waals surface area contributed by atoms with Crippen LogP contribution in [0.4, 0.5) is 61.5 Å². The van der Waals surface area contributed by atoms with E-state index in [2.05, 4.69) is 4.74 Å². The SMILES string of the molecule is COC(=O)C(F)(F)C(F)(F)C(F)(F)C(F)(F)C(F)(F)OC(F)C(F)(F)F. The highest BCUT2D eigenvalue weighted by Gasteiger charge is 2.89. The first-order chi connectivity index (χ1) is 11.1. The number of ether oxygens (including phenoxy) is 2. The maximum absolute atomic E-state index is 13.1. The molecule has 0 amide bonds. The second kappa shape index (κ2) is 6.56. The van der Waals surface area contributed by atoms with Crippen molar-refractivity contribution in [1.82, 2.24) is 0 Å². The van der Waals surface area contributed by atoms with E-state index in [9.17, 15) is 66.3 Å². The third-order valence-corrected chi connectivity index (χ3v) is 2.50. The van der Waals surface area contributed by atoms with E-state index in [0.717, 1.165) is 0 Å². The summed E-state index contributed by atoms with van der Waals surface area (Å²) < 4.78 is 181. The van der Waals surface area contributed by atoms with Gasteiger partial charge in [0.15, 0.2) is 0 Å². The van der Waals surface area contributed by atoms with Gasteiger partial charge >= 0.3 is 41.9 Å². The fourth-order valence-corrected chi connectivity index (χ4v) is 1.10. The quantitative estimate of drug-likeness (QED) is 0.453. The molecule has 0 spiro atoms. The molecule has 0 saturated carbocycles. The van der Waals surface area contributed by atoms with Crippen LogP contribution in [0, 0.1) is 0 Å². The number of hydrogen-bond acceptors (Lipinski definition) is 3. The Balaban J connectivity index is 6.12. The van der Waals surface area contributed by atoms with Crippen molar-refractivity contribution in [2.24, 2.45) is 0 Å². The number of carbonyl (C=O) groups excluding carboxylic acids is 1. The van der Waals surface area contributed by atoms with Gasteiger partial charge in [0.2, 0.25) is 0 Å². The average molecular weight is 426 g/mol. The number of rotatable bonds is 7. The molecule has 3 nitrogen and oxygen atoms in total. The van der Waals surface area contributed by atoms with Crippen molar-refractivity contribution < 1.29 is 75.7 Å². The highest BCUT2D eigenvalue weighted by Crippen LogP contribution is 2.57. The number of halogens is 14. The zero-order chi connectivity index (χ0) is 21.6. The molecule has 0 radical (unpaired) electrons. The Morgan fingerprint density at radius 3 is 1.42 bits per heavy atom. The molecule has 17 heteroatoms. The number of esters is 1. The van der Waals surface area contributed by atoms with Crippen molar-refractivity contribution in [1.29, 1.82) is 0 Å². The molecular weight excluding hydrogens is 422 g/mol. The summed E-state index contributed by atoms with van der Waals surface area (Å²) in [6, 6.07) is 0. The number of methoxy groups -OCH3 is 1. The summed E-state index contributed by atoms with van der Waals surface area (Å²) >= 11 is 0. The summed E-state index contributed by atoms with van der Waals surface area (Å²) in [6.45, 7) is 0. The van der Waals surface area contributed by atoms with Crippen LogP contribution in [-0.4, -0.2) is 55.4 Å². The number of carbonyl (C=O) groups is 1. The van der Waals surface area contributed by atoms with Gasteiger partial charge in [-0.05, 0) is 0 Å². The van der Waals surface area contributed by atoms with Crippen LogP contribution in [0.3, 0.4) is 0 Å². The molecule has 156 valence electrons. The van der Waals surface area contributed by atoms with Gasteiger partial charge in [0.25, 0.3) is 6.36 Å². The van der Waals surface area contributed by atoms with Crippen LogP contribution in [-0.2, 0) is 14.3 Å². The molecule has 0 aliphatic rings. The third-order valence-electron chi connectivity index (χ3n) is 2.50. The predicted octanol–water partition coefficient (Wildman–Crippen LogP) is 4.17. The van der Waals surface area contributed by atoms with Gasteiger partial charge in [-0.2, -0.15) is 57.1 Å². The van der Waals surface area contributed by atoms with Crippen LogP contribution < -0.4 is 0 Å². The largest absolute Gasteiger partial charge is 0.464 e. The van der Waals surface area contributed by atoms with Gasteiger partial charge in [-0.15, -0.1) is 0 Å². The summed E-state index contributed by atoms with van der Waals surface area (Å²) in [5.74, 6) is -33.8. The van der Waals surface area contributed by atoms with Crippen molar-refractivity contribution >= 4 is 5.97 Å². The molecule has 0 aromatic heterocycles. The normalized spacial score (nSPS) is 16.4. The molecule has 0 saturated heterocycles. The first-order valence-corrected chi connectivity index (χ1v) is 5.47.